The van der Waals surface area contributed by atoms with E-state index in [1.165, 1.54) is 17.0 Å². The maximum atomic E-state index is 14.7. The summed E-state index contributed by atoms with van der Waals surface area (Å²) < 4.78 is 0. The van der Waals surface area contributed by atoms with Gasteiger partial charge in [0.05, 0.1) is 28.5 Å². The Morgan fingerprint density at radius 3 is 2.14 bits per heavy atom. The van der Waals surface area contributed by atoms with Crippen molar-refractivity contribution < 1.29 is 19.5 Å². The van der Waals surface area contributed by atoms with E-state index in [4.69, 9.17) is 0 Å². The van der Waals surface area contributed by atoms with Crippen molar-refractivity contribution in [3.63, 3.8) is 0 Å². The summed E-state index contributed by atoms with van der Waals surface area (Å²) in [5.74, 6) is -3.02. The minimum absolute atomic E-state index is 0.0810. The van der Waals surface area contributed by atoms with Gasteiger partial charge in [0.15, 0.2) is 0 Å². The number of carbonyl (C=O) groups excluding carboxylic acids is 3. The number of carbonyl (C=O) groups is 3. The third-order valence-corrected chi connectivity index (χ3v) is 9.27. The van der Waals surface area contributed by atoms with Gasteiger partial charge in [-0.15, -0.1) is 0 Å². The lowest BCUT2D eigenvalue weighted by Gasteiger charge is -2.52. The van der Waals surface area contributed by atoms with Crippen LogP contribution in [0.1, 0.15) is 38.5 Å². The molecule has 43 heavy (non-hydrogen) atoms. The van der Waals surface area contributed by atoms with Gasteiger partial charge in [0.2, 0.25) is 11.8 Å². The fourth-order valence-corrected chi connectivity index (χ4v) is 7.61. The quantitative estimate of drug-likeness (QED) is 0.171. The predicted molar refractivity (Wildman–Crippen MR) is 163 cm³/mol. The van der Waals surface area contributed by atoms with Crippen LogP contribution in [0, 0.1) is 11.8 Å². The van der Waals surface area contributed by atoms with Crippen LogP contribution in [-0.4, -0.2) is 29.0 Å². The van der Waals surface area contributed by atoms with Crippen LogP contribution in [0.3, 0.4) is 0 Å². The third kappa shape index (κ3) is 3.36. The zero-order valence-electron chi connectivity index (χ0n) is 22.8. The van der Waals surface area contributed by atoms with Crippen molar-refractivity contribution in [2.45, 2.75) is 11.3 Å². The van der Waals surface area contributed by atoms with E-state index in [9.17, 15) is 19.5 Å². The molecule has 3 amide bonds. The molecule has 3 aliphatic carbocycles. The molecular formula is C36H25N3O4. The number of phenolic OH excluding ortho intramolecular Hbond substituents is 1. The highest BCUT2D eigenvalue weighted by atomic mass is 16.3. The highest BCUT2D eigenvalue weighted by molar-refractivity contribution is 6.27. The number of imide groups is 1. The SMILES string of the molecule is O=C(N/N=C\C12c3ccccc3C(c3ccccc31)[C@H]1C(=O)N(c3cccc4ccccc34)C(=O)[C@@H]12)c1ccccc1O. The number of hydrogen-bond donors (Lipinski definition) is 2. The fourth-order valence-electron chi connectivity index (χ4n) is 7.61. The minimum Gasteiger partial charge on any atom is -0.507 e. The number of phenols is 1. The number of hydrazone groups is 1. The largest absolute Gasteiger partial charge is 0.507 e. The van der Waals surface area contributed by atoms with Gasteiger partial charge in [0.1, 0.15) is 5.75 Å². The van der Waals surface area contributed by atoms with E-state index < -0.39 is 23.2 Å². The molecule has 0 spiro atoms. The van der Waals surface area contributed by atoms with Crippen LogP contribution < -0.4 is 10.3 Å². The molecule has 2 bridgehead atoms. The molecule has 1 saturated heterocycles. The molecule has 1 fully saturated rings. The van der Waals surface area contributed by atoms with E-state index in [-0.39, 0.29) is 29.0 Å². The van der Waals surface area contributed by atoms with Gasteiger partial charge in [-0.1, -0.05) is 97.1 Å². The monoisotopic (exact) mass is 563 g/mol. The Labute approximate surface area is 247 Å². The Morgan fingerprint density at radius 2 is 1.40 bits per heavy atom. The van der Waals surface area contributed by atoms with E-state index in [0.29, 0.717) is 5.69 Å². The second-order valence-electron chi connectivity index (χ2n) is 11.3. The molecule has 5 aromatic carbocycles. The normalized spacial score (nSPS) is 23.3. The molecule has 7 heteroatoms. The molecular weight excluding hydrogens is 538 g/mol. The molecule has 2 atom stereocenters. The maximum Gasteiger partial charge on any atom is 0.275 e. The molecule has 0 unspecified atom stereocenters. The van der Waals surface area contributed by atoms with E-state index in [1.54, 1.807) is 18.3 Å². The van der Waals surface area contributed by atoms with Crippen molar-refractivity contribution in [2.24, 2.45) is 16.9 Å². The molecule has 7 nitrogen and oxygen atoms in total. The number of fused-ring (bicyclic) bond motifs is 1. The molecule has 1 aliphatic heterocycles. The minimum atomic E-state index is -1.12. The zero-order chi connectivity index (χ0) is 29.3. The highest BCUT2D eigenvalue weighted by Gasteiger charge is 2.68. The zero-order valence-corrected chi connectivity index (χ0v) is 22.8. The van der Waals surface area contributed by atoms with Gasteiger partial charge in [-0.05, 0) is 45.8 Å². The van der Waals surface area contributed by atoms with Crippen molar-refractivity contribution >= 4 is 40.4 Å². The number of benzene rings is 5. The first-order valence-electron chi connectivity index (χ1n) is 14.2. The molecule has 208 valence electrons. The van der Waals surface area contributed by atoms with Crippen LogP contribution in [0.25, 0.3) is 10.8 Å². The molecule has 5 aromatic rings. The van der Waals surface area contributed by atoms with Crippen molar-refractivity contribution in [3.8, 4) is 5.75 Å². The highest BCUT2D eigenvalue weighted by Crippen LogP contribution is 2.63. The summed E-state index contributed by atoms with van der Waals surface area (Å²) in [5.41, 5.74) is 5.81. The lowest BCUT2D eigenvalue weighted by Crippen LogP contribution is -2.54. The molecule has 4 aliphatic rings. The summed E-state index contributed by atoms with van der Waals surface area (Å²) >= 11 is 0. The Bertz CT molecular complexity index is 1980. The maximum absolute atomic E-state index is 14.7. The molecule has 2 N–H and O–H groups in total. The first-order valence-corrected chi connectivity index (χ1v) is 14.2. The average molecular weight is 564 g/mol. The number of amides is 3. The van der Waals surface area contributed by atoms with Gasteiger partial charge < -0.3 is 5.11 Å². The third-order valence-electron chi connectivity index (χ3n) is 9.27. The lowest BCUT2D eigenvalue weighted by atomic mass is 9.47. The predicted octanol–water partition coefficient (Wildman–Crippen LogP) is 5.51. The number of anilines is 1. The van der Waals surface area contributed by atoms with E-state index in [2.05, 4.69) is 10.5 Å². The number of nitrogens with zero attached hydrogens (tertiary/aromatic N) is 2. The summed E-state index contributed by atoms with van der Waals surface area (Å²) in [4.78, 5) is 43.6. The summed E-state index contributed by atoms with van der Waals surface area (Å²) in [6.07, 6.45) is 1.62. The number of para-hydroxylation sites is 1. The topological polar surface area (TPSA) is 99.1 Å². The van der Waals surface area contributed by atoms with Gasteiger partial charge in [-0.2, -0.15) is 5.10 Å². The Balaban J connectivity index is 1.32. The number of aromatic hydroxyl groups is 1. The van der Waals surface area contributed by atoms with Crippen LogP contribution in [0.15, 0.2) is 120 Å². The molecule has 1 heterocycles. The van der Waals surface area contributed by atoms with E-state index in [0.717, 1.165) is 33.0 Å². The first kappa shape index (κ1) is 25.2. The van der Waals surface area contributed by atoms with Crippen LogP contribution in [-0.2, 0) is 15.0 Å². The van der Waals surface area contributed by atoms with Crippen molar-refractivity contribution in [1.82, 2.24) is 5.43 Å². The Hall–Kier alpha value is -5.56. The van der Waals surface area contributed by atoms with Crippen molar-refractivity contribution in [1.29, 1.82) is 0 Å². The van der Waals surface area contributed by atoms with Crippen LogP contribution in [0.5, 0.6) is 5.75 Å². The second-order valence-corrected chi connectivity index (χ2v) is 11.3. The smallest absolute Gasteiger partial charge is 0.275 e. The Morgan fingerprint density at radius 1 is 0.767 bits per heavy atom. The van der Waals surface area contributed by atoms with Crippen molar-refractivity contribution in [3.05, 3.63) is 143 Å². The summed E-state index contributed by atoms with van der Waals surface area (Å²) in [6, 6.07) is 35.4. The molecule has 0 saturated carbocycles. The fraction of sp³-hybridized carbons (Fsp3) is 0.111. The number of rotatable bonds is 4. The number of hydrogen-bond acceptors (Lipinski definition) is 5. The van der Waals surface area contributed by atoms with Gasteiger partial charge in [-0.3, -0.25) is 14.4 Å². The Kier molecular flexibility index (Phi) is 5.40. The van der Waals surface area contributed by atoms with Gasteiger partial charge in [-0.25, -0.2) is 10.3 Å². The average Bonchev–Trinajstić information content (AvgIpc) is 3.31. The van der Waals surface area contributed by atoms with Crippen molar-refractivity contribution in [2.75, 3.05) is 4.90 Å². The van der Waals surface area contributed by atoms with Gasteiger partial charge >= 0.3 is 0 Å². The van der Waals surface area contributed by atoms with E-state index >= 15 is 0 Å². The van der Waals surface area contributed by atoms with Crippen LogP contribution in [0.2, 0.25) is 0 Å². The summed E-state index contributed by atoms with van der Waals surface area (Å²) in [5, 5.41) is 16.4. The molecule has 0 radical (unpaired) electrons. The lowest BCUT2D eigenvalue weighted by molar-refractivity contribution is -0.122. The molecule has 0 aromatic heterocycles. The standard InChI is InChI=1S/C36H25N3O4/c40-29-19-8-5-15-25(29)33(41)38-37-20-36-26-16-6-3-13-23(26)30(24-14-4-7-17-27(24)36)31-32(36)35(43)39(34(31)42)28-18-9-11-21-10-1-2-12-22(21)28/h1-20,30-32,40H,(H,38,41)/b37-20-/t30?,31-,32-,36?/m1/s1. The second kappa shape index (κ2) is 9.22. The van der Waals surface area contributed by atoms with Crippen LogP contribution >= 0.6 is 0 Å². The summed E-state index contributed by atoms with van der Waals surface area (Å²) in [7, 11) is 0. The molecule has 9 rings (SSSR count). The van der Waals surface area contributed by atoms with Gasteiger partial charge in [0, 0.05) is 17.5 Å². The van der Waals surface area contributed by atoms with Gasteiger partial charge in [0.25, 0.3) is 5.91 Å². The van der Waals surface area contributed by atoms with Crippen LogP contribution in [0.4, 0.5) is 5.69 Å². The number of nitrogens with one attached hydrogen (secondary N) is 1. The summed E-state index contributed by atoms with van der Waals surface area (Å²) in [6.45, 7) is 0. The van der Waals surface area contributed by atoms with E-state index in [1.807, 2.05) is 91.0 Å². The first-order chi connectivity index (χ1) is 21.0.